The summed E-state index contributed by atoms with van der Waals surface area (Å²) in [4.78, 5) is 27.1. The van der Waals surface area contributed by atoms with Gasteiger partial charge in [0.1, 0.15) is 5.00 Å². The summed E-state index contributed by atoms with van der Waals surface area (Å²) in [5, 5.41) is 3.59. The van der Waals surface area contributed by atoms with Gasteiger partial charge in [-0.1, -0.05) is 17.7 Å². The van der Waals surface area contributed by atoms with Gasteiger partial charge in [0.25, 0.3) is 0 Å². The summed E-state index contributed by atoms with van der Waals surface area (Å²) in [7, 11) is 0. The average Bonchev–Trinajstić information content (AvgIpc) is 2.99. The van der Waals surface area contributed by atoms with Crippen LogP contribution in [0, 0.1) is 6.92 Å². The van der Waals surface area contributed by atoms with Crippen molar-refractivity contribution in [3.05, 3.63) is 45.8 Å². The van der Waals surface area contributed by atoms with Crippen molar-refractivity contribution in [3.8, 4) is 0 Å². The molecule has 0 spiro atoms. The number of hydrogen-bond donors (Lipinski definition) is 1. The third-order valence-corrected chi connectivity index (χ3v) is 6.51. The van der Waals surface area contributed by atoms with E-state index < -0.39 is 0 Å². The topological polar surface area (TPSA) is 55.4 Å². The molecule has 1 aliphatic rings. The monoisotopic (exact) mass is 389 g/mol. The second-order valence-corrected chi connectivity index (χ2v) is 8.44. The van der Waals surface area contributed by atoms with Crippen LogP contribution in [0.15, 0.2) is 29.2 Å². The number of esters is 1. The largest absolute Gasteiger partial charge is 0.462 e. The lowest BCUT2D eigenvalue weighted by Crippen LogP contribution is -2.17. The van der Waals surface area contributed by atoms with Crippen molar-refractivity contribution in [1.29, 1.82) is 0 Å². The van der Waals surface area contributed by atoms with Crippen molar-refractivity contribution in [2.75, 3.05) is 17.7 Å². The van der Waals surface area contributed by atoms with Gasteiger partial charge in [0.05, 0.1) is 17.9 Å². The minimum Gasteiger partial charge on any atom is -0.462 e. The molecule has 3 rings (SSSR count). The van der Waals surface area contributed by atoms with Gasteiger partial charge < -0.3 is 10.1 Å². The highest BCUT2D eigenvalue weighted by Crippen LogP contribution is 2.38. The van der Waals surface area contributed by atoms with E-state index >= 15 is 0 Å². The third kappa shape index (κ3) is 4.48. The molecule has 6 heteroatoms. The molecule has 2 aromatic rings. The number of thioether (sulfide) groups is 1. The molecule has 1 heterocycles. The molecule has 0 unspecified atom stereocenters. The van der Waals surface area contributed by atoms with Gasteiger partial charge in [-0.2, -0.15) is 0 Å². The zero-order valence-corrected chi connectivity index (χ0v) is 16.7. The molecule has 1 aliphatic carbocycles. The summed E-state index contributed by atoms with van der Waals surface area (Å²) in [6.45, 7) is 4.17. The standard InChI is InChI=1S/C20H23NO3S2/c1-3-24-20(23)18-15-6-4-5-7-16(15)26-19(18)21-17(22)12-25-14-10-8-13(2)9-11-14/h8-11H,3-7,12H2,1-2H3,(H,21,22). The van der Waals surface area contributed by atoms with Gasteiger partial charge in [0, 0.05) is 9.77 Å². The number of thiophene rings is 1. The van der Waals surface area contributed by atoms with Crippen molar-refractivity contribution in [3.63, 3.8) is 0 Å². The fraction of sp³-hybridized carbons (Fsp3) is 0.400. The molecule has 0 atom stereocenters. The normalized spacial score (nSPS) is 13.2. The van der Waals surface area contributed by atoms with Gasteiger partial charge in [0.2, 0.25) is 5.91 Å². The Bertz CT molecular complexity index is 796. The van der Waals surface area contributed by atoms with E-state index in [-0.39, 0.29) is 11.9 Å². The number of aryl methyl sites for hydroxylation is 2. The van der Waals surface area contributed by atoms with Crippen LogP contribution in [-0.2, 0) is 22.4 Å². The maximum absolute atomic E-state index is 12.4. The van der Waals surface area contributed by atoms with E-state index in [0.29, 0.717) is 22.9 Å². The quantitative estimate of drug-likeness (QED) is 0.567. The van der Waals surface area contributed by atoms with Crippen LogP contribution in [0.25, 0.3) is 0 Å². The average molecular weight is 390 g/mol. The number of anilines is 1. The van der Waals surface area contributed by atoms with Crippen LogP contribution in [0.5, 0.6) is 0 Å². The van der Waals surface area contributed by atoms with Crippen molar-refractivity contribution >= 4 is 40.0 Å². The number of hydrogen-bond acceptors (Lipinski definition) is 5. The van der Waals surface area contributed by atoms with Gasteiger partial charge >= 0.3 is 5.97 Å². The van der Waals surface area contributed by atoms with Gasteiger partial charge in [0.15, 0.2) is 0 Å². The minimum atomic E-state index is -0.326. The first-order chi connectivity index (χ1) is 12.6. The molecule has 0 radical (unpaired) electrons. The van der Waals surface area contributed by atoms with Gasteiger partial charge in [-0.3, -0.25) is 4.79 Å². The molecule has 1 N–H and O–H groups in total. The first kappa shape index (κ1) is 19.0. The van der Waals surface area contributed by atoms with Crippen LogP contribution >= 0.6 is 23.1 Å². The summed E-state index contributed by atoms with van der Waals surface area (Å²) in [6, 6.07) is 8.10. The lowest BCUT2D eigenvalue weighted by Gasteiger charge is -2.12. The maximum Gasteiger partial charge on any atom is 0.341 e. The predicted octanol–water partition coefficient (Wildman–Crippen LogP) is 4.84. The lowest BCUT2D eigenvalue weighted by molar-refractivity contribution is -0.113. The highest BCUT2D eigenvalue weighted by molar-refractivity contribution is 8.00. The molecule has 138 valence electrons. The molecule has 0 aliphatic heterocycles. The Hall–Kier alpha value is -1.79. The Balaban J connectivity index is 1.71. The molecule has 1 amide bonds. The van der Waals surface area contributed by atoms with Gasteiger partial charge in [-0.05, 0) is 57.2 Å². The molecule has 26 heavy (non-hydrogen) atoms. The first-order valence-electron chi connectivity index (χ1n) is 8.89. The molecule has 0 saturated heterocycles. The van der Waals surface area contributed by atoms with E-state index in [1.54, 1.807) is 6.92 Å². The molecular formula is C20H23NO3S2. The Morgan fingerprint density at radius 1 is 1.19 bits per heavy atom. The number of ether oxygens (including phenoxy) is 1. The van der Waals surface area contributed by atoms with Crippen LogP contribution in [0.2, 0.25) is 0 Å². The van der Waals surface area contributed by atoms with E-state index in [4.69, 9.17) is 4.74 Å². The molecular weight excluding hydrogens is 366 g/mol. The third-order valence-electron chi connectivity index (χ3n) is 4.29. The smallest absolute Gasteiger partial charge is 0.341 e. The van der Waals surface area contributed by atoms with E-state index in [0.717, 1.165) is 36.1 Å². The van der Waals surface area contributed by atoms with E-state index in [1.165, 1.54) is 33.5 Å². The Morgan fingerprint density at radius 2 is 1.92 bits per heavy atom. The van der Waals surface area contributed by atoms with Crippen LogP contribution in [0.4, 0.5) is 5.00 Å². The van der Waals surface area contributed by atoms with Crippen molar-refractivity contribution in [2.45, 2.75) is 44.4 Å². The fourth-order valence-corrected chi connectivity index (χ4v) is 5.01. The summed E-state index contributed by atoms with van der Waals surface area (Å²) >= 11 is 3.02. The van der Waals surface area contributed by atoms with Gasteiger partial charge in [-0.15, -0.1) is 23.1 Å². The van der Waals surface area contributed by atoms with Crippen LogP contribution in [-0.4, -0.2) is 24.2 Å². The zero-order valence-electron chi connectivity index (χ0n) is 15.1. The van der Waals surface area contributed by atoms with Gasteiger partial charge in [-0.25, -0.2) is 4.79 Å². The van der Waals surface area contributed by atoms with Crippen molar-refractivity contribution in [2.24, 2.45) is 0 Å². The Labute approximate surface area is 162 Å². The van der Waals surface area contributed by atoms with E-state index in [1.807, 2.05) is 31.2 Å². The Morgan fingerprint density at radius 3 is 2.65 bits per heavy atom. The number of carbonyl (C=O) groups is 2. The Kier molecular flexibility index (Phi) is 6.38. The molecule has 4 nitrogen and oxygen atoms in total. The van der Waals surface area contributed by atoms with E-state index in [9.17, 15) is 9.59 Å². The number of carbonyl (C=O) groups excluding carboxylic acids is 2. The second-order valence-electron chi connectivity index (χ2n) is 6.29. The number of fused-ring (bicyclic) bond motifs is 1. The van der Waals surface area contributed by atoms with Crippen LogP contribution in [0.1, 0.15) is 46.1 Å². The minimum absolute atomic E-state index is 0.0975. The molecule has 0 saturated carbocycles. The van der Waals surface area contributed by atoms with Crippen LogP contribution in [0.3, 0.4) is 0 Å². The molecule has 1 aromatic heterocycles. The number of rotatable bonds is 6. The van der Waals surface area contributed by atoms with Crippen molar-refractivity contribution < 1.29 is 14.3 Å². The lowest BCUT2D eigenvalue weighted by atomic mass is 9.95. The summed E-state index contributed by atoms with van der Waals surface area (Å²) in [6.07, 6.45) is 4.06. The fourth-order valence-electron chi connectivity index (χ4n) is 3.02. The number of amides is 1. The highest BCUT2D eigenvalue weighted by atomic mass is 32.2. The second kappa shape index (κ2) is 8.73. The number of nitrogens with one attached hydrogen (secondary N) is 1. The molecule has 0 bridgehead atoms. The first-order valence-corrected chi connectivity index (χ1v) is 10.7. The predicted molar refractivity (Wildman–Crippen MR) is 107 cm³/mol. The van der Waals surface area contributed by atoms with Crippen molar-refractivity contribution in [1.82, 2.24) is 0 Å². The summed E-state index contributed by atoms with van der Waals surface area (Å²) < 4.78 is 5.23. The summed E-state index contributed by atoms with van der Waals surface area (Å²) in [5.74, 6) is -0.110. The summed E-state index contributed by atoms with van der Waals surface area (Å²) in [5.41, 5.74) is 2.84. The SMILES string of the molecule is CCOC(=O)c1c(NC(=O)CSc2ccc(C)cc2)sc2c1CCCC2. The van der Waals surface area contributed by atoms with E-state index in [2.05, 4.69) is 5.32 Å². The number of benzene rings is 1. The molecule has 0 fully saturated rings. The molecule has 1 aromatic carbocycles. The maximum atomic E-state index is 12.4. The zero-order chi connectivity index (χ0) is 18.5. The highest BCUT2D eigenvalue weighted by Gasteiger charge is 2.27. The van der Waals surface area contributed by atoms with Crippen LogP contribution < -0.4 is 5.32 Å².